The van der Waals surface area contributed by atoms with Gasteiger partial charge in [0.15, 0.2) is 0 Å². The lowest BCUT2D eigenvalue weighted by molar-refractivity contribution is -0.137. The minimum Gasteiger partial charge on any atom is -0.497 e. The molecular formula is C23H18F3N3O3. The van der Waals surface area contributed by atoms with Gasteiger partial charge in [0, 0.05) is 23.4 Å². The van der Waals surface area contributed by atoms with Crippen molar-refractivity contribution >= 4 is 17.6 Å². The van der Waals surface area contributed by atoms with E-state index in [1.165, 1.54) is 12.1 Å². The molecule has 32 heavy (non-hydrogen) atoms. The van der Waals surface area contributed by atoms with Crippen molar-refractivity contribution in [3.05, 3.63) is 71.3 Å². The molecule has 6 nitrogen and oxygen atoms in total. The predicted molar refractivity (Wildman–Crippen MR) is 110 cm³/mol. The second-order valence-corrected chi connectivity index (χ2v) is 7.47. The number of methoxy groups -OCH3 is 1. The van der Waals surface area contributed by atoms with Gasteiger partial charge in [-0.25, -0.2) is 4.79 Å². The van der Waals surface area contributed by atoms with Crippen molar-refractivity contribution < 1.29 is 27.5 Å². The Balaban J connectivity index is 1.65. The Morgan fingerprint density at radius 3 is 2.66 bits per heavy atom. The normalized spacial score (nSPS) is 19.8. The molecule has 0 spiro atoms. The molecule has 2 heterocycles. The number of fused-ring (bicyclic) bond motifs is 1. The van der Waals surface area contributed by atoms with E-state index >= 15 is 0 Å². The first kappa shape index (κ1) is 21.3. The molecule has 0 radical (unpaired) electrons. The van der Waals surface area contributed by atoms with E-state index in [1.807, 2.05) is 18.2 Å². The van der Waals surface area contributed by atoms with Crippen molar-refractivity contribution in [1.82, 2.24) is 15.5 Å². The van der Waals surface area contributed by atoms with Crippen molar-refractivity contribution in [1.29, 1.82) is 0 Å². The summed E-state index contributed by atoms with van der Waals surface area (Å²) in [6.45, 7) is 4.47. The largest absolute Gasteiger partial charge is 0.497 e. The molecule has 1 saturated heterocycles. The Kier molecular flexibility index (Phi) is 5.09. The van der Waals surface area contributed by atoms with E-state index in [4.69, 9.17) is 4.74 Å². The number of nitrogens with one attached hydrogen (secondary N) is 2. The molecule has 1 atom stereocenters. The summed E-state index contributed by atoms with van der Waals surface area (Å²) in [5, 5.41) is 4.69. The van der Waals surface area contributed by atoms with Gasteiger partial charge in [-0.05, 0) is 35.9 Å². The topological polar surface area (TPSA) is 70.7 Å². The summed E-state index contributed by atoms with van der Waals surface area (Å²) < 4.78 is 44.2. The Labute approximate surface area is 182 Å². The molecule has 0 saturated carbocycles. The van der Waals surface area contributed by atoms with Gasteiger partial charge in [-0.3, -0.25) is 10.1 Å². The maximum atomic E-state index is 13.0. The number of halogens is 3. The average molecular weight is 441 g/mol. The summed E-state index contributed by atoms with van der Waals surface area (Å²) in [5.74, 6) is 5.29. The summed E-state index contributed by atoms with van der Waals surface area (Å²) in [4.78, 5) is 26.4. The molecular weight excluding hydrogens is 423 g/mol. The number of hydrogen-bond acceptors (Lipinski definition) is 4. The zero-order valence-electron chi connectivity index (χ0n) is 17.0. The molecule has 2 N–H and O–H groups in total. The number of benzene rings is 2. The lowest BCUT2D eigenvalue weighted by Gasteiger charge is -2.28. The molecule has 0 aromatic heterocycles. The highest BCUT2D eigenvalue weighted by Gasteiger charge is 2.47. The van der Waals surface area contributed by atoms with Crippen molar-refractivity contribution in [2.45, 2.75) is 18.3 Å². The van der Waals surface area contributed by atoms with Crippen LogP contribution >= 0.6 is 0 Å². The minimum atomic E-state index is -4.52. The van der Waals surface area contributed by atoms with Crippen molar-refractivity contribution in [2.75, 3.05) is 13.7 Å². The number of ether oxygens (including phenoxy) is 1. The first-order chi connectivity index (χ1) is 15.1. The number of carbonyl (C=O) groups excluding carboxylic acids is 2. The molecule has 2 aliphatic heterocycles. The van der Waals surface area contributed by atoms with E-state index in [0.29, 0.717) is 18.0 Å². The fourth-order valence-corrected chi connectivity index (χ4v) is 3.68. The second-order valence-electron chi connectivity index (χ2n) is 7.47. The van der Waals surface area contributed by atoms with Gasteiger partial charge in [0.05, 0.1) is 19.2 Å². The molecule has 0 aliphatic carbocycles. The summed E-state index contributed by atoms with van der Waals surface area (Å²) in [7, 11) is 1.55. The van der Waals surface area contributed by atoms with Gasteiger partial charge in [0.25, 0.3) is 5.91 Å². The van der Waals surface area contributed by atoms with Crippen LogP contribution in [0.4, 0.5) is 18.0 Å². The predicted octanol–water partition coefficient (Wildman–Crippen LogP) is 3.13. The van der Waals surface area contributed by atoms with Gasteiger partial charge < -0.3 is 15.0 Å². The number of carbonyl (C=O) groups is 2. The lowest BCUT2D eigenvalue weighted by atomic mass is 9.98. The number of hydrogen-bond donors (Lipinski definition) is 2. The lowest BCUT2D eigenvalue weighted by Crippen LogP contribution is -2.53. The number of amides is 3. The number of alkyl halides is 3. The molecule has 1 fully saturated rings. The van der Waals surface area contributed by atoms with E-state index in [2.05, 4.69) is 29.1 Å². The molecule has 0 bridgehead atoms. The SMILES string of the molecule is C=C1c2cc(OC)ccc2CN1C[C@@]1(C#Cc2cccc(C(F)(F)F)c2)NC(=O)NC1=O. The highest BCUT2D eigenvalue weighted by Crippen LogP contribution is 2.35. The quantitative estimate of drug-likeness (QED) is 0.567. The van der Waals surface area contributed by atoms with E-state index < -0.39 is 29.2 Å². The van der Waals surface area contributed by atoms with E-state index in [9.17, 15) is 22.8 Å². The van der Waals surface area contributed by atoms with Gasteiger partial charge in [0.1, 0.15) is 5.75 Å². The van der Waals surface area contributed by atoms with E-state index in [-0.39, 0.29) is 12.1 Å². The fraction of sp³-hybridized carbons (Fsp3) is 0.217. The van der Waals surface area contributed by atoms with Crippen LogP contribution in [0.2, 0.25) is 0 Å². The van der Waals surface area contributed by atoms with E-state index in [1.54, 1.807) is 12.0 Å². The van der Waals surface area contributed by atoms with Crippen LogP contribution < -0.4 is 15.4 Å². The zero-order chi connectivity index (χ0) is 23.1. The van der Waals surface area contributed by atoms with Crippen LogP contribution in [0.15, 0.2) is 49.0 Å². The molecule has 2 aliphatic rings. The number of nitrogens with zero attached hydrogens (tertiary/aromatic N) is 1. The van der Waals surface area contributed by atoms with Gasteiger partial charge >= 0.3 is 12.2 Å². The Morgan fingerprint density at radius 1 is 1.22 bits per heavy atom. The third-order valence-electron chi connectivity index (χ3n) is 5.35. The standard InChI is InChI=1S/C23H18F3N3O3/c1-14-19-11-18(32-2)7-6-16(19)12-29(14)13-22(20(30)27-21(31)28-22)9-8-15-4-3-5-17(10-15)23(24,25)26/h3-7,10-11H,1,12-13H2,2H3,(H2,27,28,30,31)/t22-/m1/s1. The Morgan fingerprint density at radius 2 is 2.00 bits per heavy atom. The van der Waals surface area contributed by atoms with Gasteiger partial charge in [-0.2, -0.15) is 13.2 Å². The van der Waals surface area contributed by atoms with Crippen molar-refractivity contribution in [3.8, 4) is 17.6 Å². The van der Waals surface area contributed by atoms with Crippen LogP contribution in [0.1, 0.15) is 22.3 Å². The Bertz CT molecular complexity index is 1200. The van der Waals surface area contributed by atoms with Gasteiger partial charge in [0.2, 0.25) is 5.54 Å². The first-order valence-corrected chi connectivity index (χ1v) is 9.56. The summed E-state index contributed by atoms with van der Waals surface area (Å²) >= 11 is 0. The Hall–Kier alpha value is -3.93. The van der Waals surface area contributed by atoms with Gasteiger partial charge in [-0.15, -0.1) is 0 Å². The molecule has 0 unspecified atom stereocenters. The van der Waals surface area contributed by atoms with Crippen LogP contribution in [0.25, 0.3) is 5.70 Å². The molecule has 4 rings (SSSR count). The first-order valence-electron chi connectivity index (χ1n) is 9.56. The van der Waals surface area contributed by atoms with Crippen LogP contribution in [0.5, 0.6) is 5.75 Å². The average Bonchev–Trinajstić information content (AvgIpc) is 3.21. The monoisotopic (exact) mass is 441 g/mol. The number of urea groups is 1. The third kappa shape index (κ3) is 3.87. The second kappa shape index (κ2) is 7.64. The number of rotatable bonds is 3. The highest BCUT2D eigenvalue weighted by atomic mass is 19.4. The van der Waals surface area contributed by atoms with Crippen LogP contribution in [0.3, 0.4) is 0 Å². The molecule has 2 aromatic carbocycles. The fourth-order valence-electron chi connectivity index (χ4n) is 3.68. The van der Waals surface area contributed by atoms with Crippen LogP contribution in [-0.4, -0.2) is 36.0 Å². The maximum absolute atomic E-state index is 13.0. The molecule has 2 aromatic rings. The third-order valence-corrected chi connectivity index (χ3v) is 5.35. The summed E-state index contributed by atoms with van der Waals surface area (Å²) in [5.41, 5.74) is -0.0119. The smallest absolute Gasteiger partial charge is 0.416 e. The molecule has 3 amide bonds. The number of imide groups is 1. The zero-order valence-corrected chi connectivity index (χ0v) is 17.0. The van der Waals surface area contributed by atoms with Gasteiger partial charge in [-0.1, -0.05) is 30.6 Å². The van der Waals surface area contributed by atoms with E-state index in [0.717, 1.165) is 23.3 Å². The van der Waals surface area contributed by atoms with Crippen LogP contribution in [0, 0.1) is 11.8 Å². The van der Waals surface area contributed by atoms with Crippen molar-refractivity contribution in [3.63, 3.8) is 0 Å². The van der Waals surface area contributed by atoms with Crippen molar-refractivity contribution in [2.24, 2.45) is 0 Å². The maximum Gasteiger partial charge on any atom is 0.416 e. The molecule has 9 heteroatoms. The molecule has 164 valence electrons. The van der Waals surface area contributed by atoms with Crippen LogP contribution in [-0.2, 0) is 17.5 Å². The highest BCUT2D eigenvalue weighted by molar-refractivity contribution is 6.09. The summed E-state index contributed by atoms with van der Waals surface area (Å²) in [6, 6.07) is 9.26. The summed E-state index contributed by atoms with van der Waals surface area (Å²) in [6.07, 6.45) is -4.52. The minimum absolute atomic E-state index is 0.0354.